The molecule has 0 aromatic heterocycles. The lowest BCUT2D eigenvalue weighted by molar-refractivity contribution is -0.140. The Kier molecular flexibility index (Phi) is 6.27. The number of carboxylic acid groups (broad SMARTS) is 1. The van der Waals surface area contributed by atoms with E-state index in [1.54, 1.807) is 0 Å². The number of nitrogens with one attached hydrogen (secondary N) is 2. The minimum absolute atomic E-state index is 0.0664. The van der Waals surface area contributed by atoms with Gasteiger partial charge in [-0.15, -0.1) is 0 Å². The summed E-state index contributed by atoms with van der Waals surface area (Å²) in [5.41, 5.74) is 4.95. The third-order valence-corrected chi connectivity index (χ3v) is 3.70. The Hall–Kier alpha value is -1.79. The van der Waals surface area contributed by atoms with Crippen molar-refractivity contribution >= 4 is 17.9 Å². The smallest absolute Gasteiger partial charge is 0.326 e. The van der Waals surface area contributed by atoms with Gasteiger partial charge in [0.15, 0.2) is 0 Å². The number of rotatable bonds is 6. The van der Waals surface area contributed by atoms with Gasteiger partial charge in [0.05, 0.1) is 6.42 Å². The predicted molar refractivity (Wildman–Crippen MR) is 72.9 cm³/mol. The Morgan fingerprint density at radius 1 is 1.35 bits per heavy atom. The van der Waals surface area contributed by atoms with Crippen LogP contribution in [0.3, 0.4) is 0 Å². The fourth-order valence-electron chi connectivity index (χ4n) is 2.58. The highest BCUT2D eigenvalue weighted by Gasteiger charge is 2.25. The summed E-state index contributed by atoms with van der Waals surface area (Å²) in [5, 5.41) is 14.0. The van der Waals surface area contributed by atoms with Crippen LogP contribution in [0, 0.1) is 5.92 Å². The molecule has 7 heteroatoms. The van der Waals surface area contributed by atoms with Crippen molar-refractivity contribution in [2.45, 2.75) is 57.5 Å². The van der Waals surface area contributed by atoms with E-state index in [2.05, 4.69) is 17.6 Å². The zero-order valence-corrected chi connectivity index (χ0v) is 11.7. The second-order valence-corrected chi connectivity index (χ2v) is 5.32. The number of carbonyl (C=O) groups excluding carboxylic acids is 2. The van der Waals surface area contributed by atoms with Crippen LogP contribution in [0.25, 0.3) is 0 Å². The second-order valence-electron chi connectivity index (χ2n) is 5.32. The zero-order chi connectivity index (χ0) is 15.1. The van der Waals surface area contributed by atoms with Crippen LogP contribution in [0.2, 0.25) is 0 Å². The van der Waals surface area contributed by atoms with Gasteiger partial charge in [-0.05, 0) is 18.8 Å². The van der Waals surface area contributed by atoms with Crippen LogP contribution in [0.15, 0.2) is 0 Å². The average Bonchev–Trinajstić information content (AvgIpc) is 2.37. The number of hydrogen-bond acceptors (Lipinski definition) is 3. The number of urea groups is 1. The molecular formula is C13H23N3O4. The topological polar surface area (TPSA) is 122 Å². The molecule has 3 unspecified atom stereocenters. The van der Waals surface area contributed by atoms with Crippen molar-refractivity contribution in [1.29, 1.82) is 0 Å². The van der Waals surface area contributed by atoms with E-state index in [1.807, 2.05) is 0 Å². The number of aliphatic carboxylic acids is 1. The van der Waals surface area contributed by atoms with Gasteiger partial charge in [0.2, 0.25) is 5.91 Å². The van der Waals surface area contributed by atoms with Crippen LogP contribution in [-0.4, -0.2) is 35.1 Å². The van der Waals surface area contributed by atoms with Crippen molar-refractivity contribution in [1.82, 2.24) is 10.6 Å². The Labute approximate surface area is 118 Å². The molecule has 0 radical (unpaired) electrons. The van der Waals surface area contributed by atoms with Crippen molar-refractivity contribution in [2.24, 2.45) is 11.7 Å². The van der Waals surface area contributed by atoms with Crippen molar-refractivity contribution in [2.75, 3.05) is 0 Å². The molecule has 0 aliphatic heterocycles. The number of nitrogens with two attached hydrogens (primary N) is 1. The average molecular weight is 285 g/mol. The maximum Gasteiger partial charge on any atom is 0.326 e. The highest BCUT2D eigenvalue weighted by molar-refractivity contribution is 5.87. The lowest BCUT2D eigenvalue weighted by atomic mass is 9.84. The van der Waals surface area contributed by atoms with Crippen molar-refractivity contribution < 1.29 is 19.5 Å². The summed E-state index contributed by atoms with van der Waals surface area (Å²) in [4.78, 5) is 33.4. The number of amides is 3. The Bertz CT molecular complexity index is 373. The maximum absolute atomic E-state index is 11.8. The van der Waals surface area contributed by atoms with E-state index >= 15 is 0 Å². The predicted octanol–water partition coefficient (Wildman–Crippen LogP) is 0.583. The third kappa shape index (κ3) is 5.46. The first kappa shape index (κ1) is 16.3. The number of hydrogen-bond donors (Lipinski definition) is 4. The molecule has 5 N–H and O–H groups in total. The first-order chi connectivity index (χ1) is 9.42. The fraction of sp³-hybridized carbons (Fsp3) is 0.769. The SMILES string of the molecule is CCC1CCCC(NC(=O)NC(CC(N)=O)C(=O)O)C1. The second kappa shape index (κ2) is 7.72. The van der Waals surface area contributed by atoms with Crippen LogP contribution < -0.4 is 16.4 Å². The lowest BCUT2D eigenvalue weighted by Gasteiger charge is -2.29. The molecule has 0 heterocycles. The Balaban J connectivity index is 2.44. The van der Waals surface area contributed by atoms with Gasteiger partial charge in [0, 0.05) is 6.04 Å². The van der Waals surface area contributed by atoms with Crippen molar-refractivity contribution in [3.8, 4) is 0 Å². The first-order valence-electron chi connectivity index (χ1n) is 7.00. The van der Waals surface area contributed by atoms with E-state index in [0.29, 0.717) is 5.92 Å². The monoisotopic (exact) mass is 285 g/mol. The standard InChI is InChI=1S/C13H23N3O4/c1-2-8-4-3-5-9(6-8)15-13(20)16-10(12(18)19)7-11(14)17/h8-10H,2-7H2,1H3,(H2,14,17)(H,18,19)(H2,15,16,20). The van der Waals surface area contributed by atoms with Crippen LogP contribution in [-0.2, 0) is 9.59 Å². The minimum Gasteiger partial charge on any atom is -0.480 e. The molecule has 0 saturated heterocycles. The molecule has 1 aliphatic rings. The van der Waals surface area contributed by atoms with E-state index in [4.69, 9.17) is 10.8 Å². The largest absolute Gasteiger partial charge is 0.480 e. The van der Waals surface area contributed by atoms with Gasteiger partial charge in [0.1, 0.15) is 6.04 Å². The van der Waals surface area contributed by atoms with Crippen molar-refractivity contribution in [3.63, 3.8) is 0 Å². The molecule has 7 nitrogen and oxygen atoms in total. The molecule has 1 fully saturated rings. The molecule has 0 aromatic carbocycles. The van der Waals surface area contributed by atoms with E-state index in [9.17, 15) is 14.4 Å². The Morgan fingerprint density at radius 3 is 2.60 bits per heavy atom. The maximum atomic E-state index is 11.8. The third-order valence-electron chi connectivity index (χ3n) is 3.70. The summed E-state index contributed by atoms with van der Waals surface area (Å²) in [6.07, 6.45) is 4.72. The minimum atomic E-state index is -1.28. The fourth-order valence-corrected chi connectivity index (χ4v) is 2.58. The highest BCUT2D eigenvalue weighted by Crippen LogP contribution is 2.26. The molecule has 1 aliphatic carbocycles. The molecule has 1 rings (SSSR count). The normalized spacial score (nSPS) is 23.6. The van der Waals surface area contributed by atoms with Gasteiger partial charge < -0.3 is 21.5 Å². The van der Waals surface area contributed by atoms with E-state index < -0.39 is 30.4 Å². The molecule has 20 heavy (non-hydrogen) atoms. The lowest BCUT2D eigenvalue weighted by Crippen LogP contribution is -2.50. The summed E-state index contributed by atoms with van der Waals surface area (Å²) >= 11 is 0. The van der Waals surface area contributed by atoms with E-state index in [1.165, 1.54) is 6.42 Å². The molecule has 3 amide bonds. The summed E-state index contributed by atoms with van der Waals surface area (Å²) in [7, 11) is 0. The molecular weight excluding hydrogens is 262 g/mol. The van der Waals surface area contributed by atoms with Crippen LogP contribution in [0.5, 0.6) is 0 Å². The molecule has 3 atom stereocenters. The van der Waals surface area contributed by atoms with Gasteiger partial charge in [-0.2, -0.15) is 0 Å². The van der Waals surface area contributed by atoms with Crippen LogP contribution in [0.4, 0.5) is 4.79 Å². The van der Waals surface area contributed by atoms with E-state index in [-0.39, 0.29) is 6.04 Å². The molecule has 0 bridgehead atoms. The molecule has 0 spiro atoms. The van der Waals surface area contributed by atoms with Gasteiger partial charge in [-0.1, -0.05) is 26.2 Å². The van der Waals surface area contributed by atoms with Crippen molar-refractivity contribution in [3.05, 3.63) is 0 Å². The molecule has 0 aromatic rings. The van der Waals surface area contributed by atoms with Gasteiger partial charge in [-0.25, -0.2) is 9.59 Å². The van der Waals surface area contributed by atoms with Gasteiger partial charge in [-0.3, -0.25) is 4.79 Å². The quantitative estimate of drug-likeness (QED) is 0.570. The zero-order valence-electron chi connectivity index (χ0n) is 11.7. The summed E-state index contributed by atoms with van der Waals surface area (Å²) in [6.45, 7) is 2.13. The molecule has 114 valence electrons. The first-order valence-corrected chi connectivity index (χ1v) is 7.00. The Morgan fingerprint density at radius 2 is 2.05 bits per heavy atom. The van der Waals surface area contributed by atoms with Crippen LogP contribution >= 0.6 is 0 Å². The van der Waals surface area contributed by atoms with Crippen LogP contribution in [0.1, 0.15) is 45.4 Å². The summed E-state index contributed by atoms with van der Waals surface area (Å²) in [5.74, 6) is -1.43. The highest BCUT2D eigenvalue weighted by atomic mass is 16.4. The number of carbonyl (C=O) groups is 3. The molecule has 1 saturated carbocycles. The summed E-state index contributed by atoms with van der Waals surface area (Å²) < 4.78 is 0. The number of primary amides is 1. The summed E-state index contributed by atoms with van der Waals surface area (Å²) in [6, 6.07) is -1.77. The van der Waals surface area contributed by atoms with Gasteiger partial charge in [0.25, 0.3) is 0 Å². The number of carboxylic acids is 1. The van der Waals surface area contributed by atoms with Gasteiger partial charge >= 0.3 is 12.0 Å². The van der Waals surface area contributed by atoms with E-state index in [0.717, 1.165) is 25.7 Å².